The van der Waals surface area contributed by atoms with E-state index in [2.05, 4.69) is 12.2 Å². The normalized spacial score (nSPS) is 14.3. The zero-order valence-electron chi connectivity index (χ0n) is 9.97. The summed E-state index contributed by atoms with van der Waals surface area (Å²) in [4.78, 5) is 10.7. The fourth-order valence-electron chi connectivity index (χ4n) is 1.11. The Kier molecular flexibility index (Phi) is 6.58. The second kappa shape index (κ2) is 7.15. The molecule has 0 saturated heterocycles. The lowest BCUT2D eigenvalue weighted by Gasteiger charge is -2.10. The van der Waals surface area contributed by atoms with Crippen LogP contribution in [0.4, 0.5) is 0 Å². The smallest absolute Gasteiger partial charge is 0.220 e. The highest BCUT2D eigenvalue weighted by Crippen LogP contribution is 2.04. The molecule has 0 spiro atoms. The summed E-state index contributed by atoms with van der Waals surface area (Å²) in [7, 11) is 0. The molecule has 4 nitrogen and oxygen atoms in total. The number of amides is 1. The van der Waals surface area contributed by atoms with Crippen molar-refractivity contribution >= 4 is 5.91 Å². The summed E-state index contributed by atoms with van der Waals surface area (Å²) in [5.41, 5.74) is 12.1. The van der Waals surface area contributed by atoms with Crippen LogP contribution in [0, 0.1) is 5.92 Å². The molecule has 1 atom stereocenters. The maximum absolute atomic E-state index is 10.7. The van der Waals surface area contributed by atoms with Gasteiger partial charge in [-0.2, -0.15) is 0 Å². The predicted molar refractivity (Wildman–Crippen MR) is 62.8 cm³/mol. The number of allylic oxidation sites excluding steroid dienone is 1. The monoisotopic (exact) mass is 213 g/mol. The molecule has 5 N–H and O–H groups in total. The Morgan fingerprint density at radius 1 is 1.40 bits per heavy atom. The second-order valence-corrected chi connectivity index (χ2v) is 3.92. The van der Waals surface area contributed by atoms with Crippen LogP contribution in [0.1, 0.15) is 40.0 Å². The van der Waals surface area contributed by atoms with Crippen LogP contribution in [-0.4, -0.2) is 12.5 Å². The van der Waals surface area contributed by atoms with Gasteiger partial charge in [0.25, 0.3) is 0 Å². The van der Waals surface area contributed by atoms with E-state index in [1.165, 1.54) is 0 Å². The molecule has 0 aromatic carbocycles. The minimum Gasteiger partial charge on any atom is -0.386 e. The third-order valence-electron chi connectivity index (χ3n) is 2.61. The number of rotatable bonds is 7. The van der Waals surface area contributed by atoms with Crippen molar-refractivity contribution < 1.29 is 4.79 Å². The Bertz CT molecular complexity index is 236. The lowest BCUT2D eigenvalue weighted by atomic mass is 10.1. The van der Waals surface area contributed by atoms with Crippen LogP contribution in [0.2, 0.25) is 0 Å². The van der Waals surface area contributed by atoms with E-state index in [-0.39, 0.29) is 11.8 Å². The second-order valence-electron chi connectivity index (χ2n) is 3.92. The number of hydrogen-bond acceptors (Lipinski definition) is 3. The molecule has 0 aliphatic rings. The summed E-state index contributed by atoms with van der Waals surface area (Å²) in [6.45, 7) is 6.72. The van der Waals surface area contributed by atoms with E-state index in [0.29, 0.717) is 0 Å². The summed E-state index contributed by atoms with van der Waals surface area (Å²) < 4.78 is 0. The van der Waals surface area contributed by atoms with E-state index >= 15 is 0 Å². The van der Waals surface area contributed by atoms with Crippen molar-refractivity contribution in [2.75, 3.05) is 6.54 Å². The molecule has 0 heterocycles. The number of primary amides is 1. The molecule has 0 rings (SSSR count). The maximum Gasteiger partial charge on any atom is 0.220 e. The highest BCUT2D eigenvalue weighted by atomic mass is 16.1. The van der Waals surface area contributed by atoms with E-state index in [1.807, 2.05) is 13.8 Å². The van der Waals surface area contributed by atoms with Gasteiger partial charge in [0.15, 0.2) is 0 Å². The first-order valence-electron chi connectivity index (χ1n) is 5.47. The summed E-state index contributed by atoms with van der Waals surface area (Å²) in [5, 5.41) is 3.13. The van der Waals surface area contributed by atoms with Crippen molar-refractivity contribution in [3.63, 3.8) is 0 Å². The van der Waals surface area contributed by atoms with Crippen LogP contribution in [0.3, 0.4) is 0 Å². The molecule has 0 aromatic heterocycles. The van der Waals surface area contributed by atoms with Crippen LogP contribution < -0.4 is 16.8 Å². The highest BCUT2D eigenvalue weighted by molar-refractivity contribution is 5.76. The number of carbonyl (C=O) groups excluding carboxylic acids is 1. The van der Waals surface area contributed by atoms with Crippen LogP contribution in [-0.2, 0) is 4.79 Å². The Morgan fingerprint density at radius 3 is 2.47 bits per heavy atom. The topological polar surface area (TPSA) is 81.1 Å². The molecule has 4 heteroatoms. The third kappa shape index (κ3) is 5.99. The van der Waals surface area contributed by atoms with Crippen LogP contribution >= 0.6 is 0 Å². The Balaban J connectivity index is 3.68. The Hall–Kier alpha value is -1.19. The van der Waals surface area contributed by atoms with Crippen molar-refractivity contribution in [3.8, 4) is 0 Å². The Morgan fingerprint density at radius 2 is 2.00 bits per heavy atom. The van der Waals surface area contributed by atoms with Gasteiger partial charge in [-0.25, -0.2) is 0 Å². The van der Waals surface area contributed by atoms with Gasteiger partial charge in [0.2, 0.25) is 5.91 Å². The van der Waals surface area contributed by atoms with Gasteiger partial charge in [0, 0.05) is 12.5 Å². The van der Waals surface area contributed by atoms with Gasteiger partial charge in [-0.1, -0.05) is 13.8 Å². The van der Waals surface area contributed by atoms with E-state index in [0.717, 1.165) is 37.2 Å². The number of hydrogen-bond donors (Lipinski definition) is 3. The van der Waals surface area contributed by atoms with Crippen molar-refractivity contribution in [2.24, 2.45) is 17.4 Å². The maximum atomic E-state index is 10.7. The zero-order valence-corrected chi connectivity index (χ0v) is 9.97. The first kappa shape index (κ1) is 13.8. The van der Waals surface area contributed by atoms with Gasteiger partial charge >= 0.3 is 0 Å². The first-order valence-corrected chi connectivity index (χ1v) is 5.47. The molecule has 88 valence electrons. The van der Waals surface area contributed by atoms with Gasteiger partial charge in [-0.05, 0) is 31.8 Å². The van der Waals surface area contributed by atoms with E-state index in [1.54, 1.807) is 0 Å². The van der Waals surface area contributed by atoms with Crippen LogP contribution in [0.15, 0.2) is 11.4 Å². The van der Waals surface area contributed by atoms with Crippen LogP contribution in [0.25, 0.3) is 0 Å². The zero-order chi connectivity index (χ0) is 11.8. The highest BCUT2D eigenvalue weighted by Gasteiger charge is 2.07. The van der Waals surface area contributed by atoms with Gasteiger partial charge < -0.3 is 16.8 Å². The molecule has 0 aromatic rings. The van der Waals surface area contributed by atoms with Crippen molar-refractivity contribution in [3.05, 3.63) is 11.4 Å². The minimum atomic E-state index is -0.233. The molecule has 15 heavy (non-hydrogen) atoms. The number of nitrogens with one attached hydrogen (secondary N) is 1. The number of carbonyl (C=O) groups is 1. The SMILES string of the molecule is CC/C(C)=C(\N)NCCC[C@@H](C)C(N)=O. The quantitative estimate of drug-likeness (QED) is 0.553. The summed E-state index contributed by atoms with van der Waals surface area (Å²) in [5.74, 6) is 0.469. The molecule has 0 aliphatic heterocycles. The van der Waals surface area contributed by atoms with Gasteiger partial charge in [0.1, 0.15) is 0 Å². The van der Waals surface area contributed by atoms with Gasteiger partial charge in [0.05, 0.1) is 5.82 Å². The predicted octanol–water partition coefficient (Wildman–Crippen LogP) is 1.08. The Labute approximate surface area is 92.1 Å². The van der Waals surface area contributed by atoms with E-state index in [4.69, 9.17) is 11.5 Å². The molecule has 0 fully saturated rings. The van der Waals surface area contributed by atoms with Gasteiger partial charge in [-0.3, -0.25) is 4.79 Å². The molecule has 0 aliphatic carbocycles. The largest absolute Gasteiger partial charge is 0.386 e. The third-order valence-corrected chi connectivity index (χ3v) is 2.61. The average Bonchev–Trinajstić information content (AvgIpc) is 2.22. The molecule has 0 saturated carbocycles. The summed E-state index contributed by atoms with van der Waals surface area (Å²) in [6.07, 6.45) is 2.67. The fourth-order valence-corrected chi connectivity index (χ4v) is 1.11. The summed E-state index contributed by atoms with van der Waals surface area (Å²) in [6, 6.07) is 0. The average molecular weight is 213 g/mol. The first-order chi connectivity index (χ1) is 6.99. The molecule has 0 bridgehead atoms. The van der Waals surface area contributed by atoms with Crippen LogP contribution in [0.5, 0.6) is 0 Å². The standard InChI is InChI=1S/C11H23N3O/c1-4-8(2)10(12)14-7-5-6-9(3)11(13)15/h9,14H,4-7,12H2,1-3H3,(H2,13,15)/b10-8+/t9-/m1/s1. The molecule has 0 unspecified atom stereocenters. The lowest BCUT2D eigenvalue weighted by Crippen LogP contribution is -2.25. The fraction of sp³-hybridized carbons (Fsp3) is 0.727. The van der Waals surface area contributed by atoms with Crippen molar-refractivity contribution in [1.82, 2.24) is 5.32 Å². The van der Waals surface area contributed by atoms with Gasteiger partial charge in [-0.15, -0.1) is 0 Å². The number of nitrogens with two attached hydrogens (primary N) is 2. The van der Waals surface area contributed by atoms with E-state index < -0.39 is 0 Å². The van der Waals surface area contributed by atoms with E-state index in [9.17, 15) is 4.79 Å². The molecular formula is C11H23N3O. The molecular weight excluding hydrogens is 190 g/mol. The molecule has 0 radical (unpaired) electrons. The molecule has 1 amide bonds. The van der Waals surface area contributed by atoms with Crippen molar-refractivity contribution in [2.45, 2.75) is 40.0 Å². The van der Waals surface area contributed by atoms with Crippen molar-refractivity contribution in [1.29, 1.82) is 0 Å². The minimum absolute atomic E-state index is 0.0516. The lowest BCUT2D eigenvalue weighted by molar-refractivity contribution is -0.121. The summed E-state index contributed by atoms with van der Waals surface area (Å²) >= 11 is 0.